The lowest BCUT2D eigenvalue weighted by atomic mass is 10.1. The number of hydrogen-bond donors (Lipinski definition) is 0. The molecule has 0 spiro atoms. The Morgan fingerprint density at radius 2 is 2.09 bits per heavy atom. The molecule has 2 aromatic heterocycles. The first kappa shape index (κ1) is 15.0. The highest BCUT2D eigenvalue weighted by Gasteiger charge is 2.28. The van der Waals surface area contributed by atoms with E-state index in [0.29, 0.717) is 6.04 Å². The number of aryl methyl sites for hydroxylation is 1. The largest absolute Gasteiger partial charge is 0.361 e. The Labute approximate surface area is 131 Å². The molecule has 3 heterocycles. The van der Waals surface area contributed by atoms with Gasteiger partial charge in [-0.1, -0.05) is 0 Å². The van der Waals surface area contributed by atoms with Gasteiger partial charge in [0.1, 0.15) is 0 Å². The van der Waals surface area contributed by atoms with E-state index >= 15 is 0 Å². The summed E-state index contributed by atoms with van der Waals surface area (Å²) in [6.07, 6.45) is 4.24. The van der Waals surface area contributed by atoms with Crippen LogP contribution in [-0.4, -0.2) is 45.5 Å². The lowest BCUT2D eigenvalue weighted by Gasteiger charge is -2.24. The first-order valence-corrected chi connectivity index (χ1v) is 7.94. The number of likely N-dealkylation sites (tertiary alicyclic amines) is 1. The second-order valence-corrected chi connectivity index (χ2v) is 5.98. The van der Waals surface area contributed by atoms with Crippen molar-refractivity contribution in [1.29, 1.82) is 0 Å². The molecule has 6 heteroatoms. The molecule has 1 aliphatic rings. The van der Waals surface area contributed by atoms with Gasteiger partial charge in [-0.05, 0) is 44.5 Å². The van der Waals surface area contributed by atoms with E-state index in [-0.39, 0.29) is 0 Å². The van der Waals surface area contributed by atoms with Gasteiger partial charge >= 0.3 is 0 Å². The molecule has 1 unspecified atom stereocenters. The third-order valence-electron chi connectivity index (χ3n) is 4.30. The first-order chi connectivity index (χ1) is 10.7. The van der Waals surface area contributed by atoms with Crippen molar-refractivity contribution in [1.82, 2.24) is 24.9 Å². The second kappa shape index (κ2) is 6.44. The predicted molar refractivity (Wildman–Crippen MR) is 86.6 cm³/mol. The molecular weight excluding hydrogens is 276 g/mol. The van der Waals surface area contributed by atoms with E-state index in [4.69, 9.17) is 0 Å². The van der Waals surface area contributed by atoms with Gasteiger partial charge in [0.2, 0.25) is 0 Å². The zero-order valence-corrected chi connectivity index (χ0v) is 13.6. The van der Waals surface area contributed by atoms with Crippen LogP contribution in [-0.2, 0) is 13.1 Å². The Balaban J connectivity index is 1.75. The van der Waals surface area contributed by atoms with Crippen molar-refractivity contribution in [3.63, 3.8) is 0 Å². The van der Waals surface area contributed by atoms with Crippen LogP contribution >= 0.6 is 0 Å². The van der Waals surface area contributed by atoms with E-state index in [1.54, 1.807) is 0 Å². The van der Waals surface area contributed by atoms with Crippen molar-refractivity contribution in [2.75, 3.05) is 25.5 Å². The number of anilines is 1. The van der Waals surface area contributed by atoms with Crippen molar-refractivity contribution in [3.8, 4) is 0 Å². The summed E-state index contributed by atoms with van der Waals surface area (Å²) in [7, 11) is 3.97. The number of aromatic nitrogens is 4. The molecule has 0 bridgehead atoms. The van der Waals surface area contributed by atoms with E-state index in [1.165, 1.54) is 12.1 Å². The zero-order chi connectivity index (χ0) is 15.5. The average molecular weight is 300 g/mol. The maximum atomic E-state index is 4.45. The van der Waals surface area contributed by atoms with E-state index in [1.807, 2.05) is 25.2 Å². The summed E-state index contributed by atoms with van der Waals surface area (Å²) in [5, 5.41) is 13.1. The molecule has 2 aromatic rings. The number of hydrogen-bond acceptors (Lipinski definition) is 5. The monoisotopic (exact) mass is 300 g/mol. The van der Waals surface area contributed by atoms with E-state index in [9.17, 15) is 0 Å². The summed E-state index contributed by atoms with van der Waals surface area (Å²) in [4.78, 5) is 4.46. The molecule has 0 radical (unpaired) electrons. The summed E-state index contributed by atoms with van der Waals surface area (Å²) in [5.41, 5.74) is 2.35. The molecule has 1 aliphatic heterocycles. The van der Waals surface area contributed by atoms with Crippen LogP contribution in [0, 0.1) is 0 Å². The highest BCUT2D eigenvalue weighted by Crippen LogP contribution is 2.32. The summed E-state index contributed by atoms with van der Waals surface area (Å²) >= 11 is 0. The van der Waals surface area contributed by atoms with E-state index in [0.717, 1.165) is 37.6 Å². The SMILES string of the molecule is CCn1nccc1CN1CCCC1c1ccc(N(C)C)nn1. The fourth-order valence-corrected chi connectivity index (χ4v) is 3.09. The smallest absolute Gasteiger partial charge is 0.150 e. The molecular formula is C16H24N6. The molecule has 1 fully saturated rings. The van der Waals surface area contributed by atoms with Gasteiger partial charge in [0.25, 0.3) is 0 Å². The highest BCUT2D eigenvalue weighted by molar-refractivity contribution is 5.35. The third-order valence-corrected chi connectivity index (χ3v) is 4.30. The van der Waals surface area contributed by atoms with Crippen molar-refractivity contribution in [3.05, 3.63) is 35.8 Å². The minimum absolute atomic E-state index is 0.365. The topological polar surface area (TPSA) is 50.1 Å². The van der Waals surface area contributed by atoms with Crippen molar-refractivity contribution < 1.29 is 0 Å². The standard InChI is InChI=1S/C16H24N6/c1-4-22-13(9-10-17-22)12-21-11-5-6-15(21)14-7-8-16(19-18-14)20(2)3/h7-10,15H,4-6,11-12H2,1-3H3. The highest BCUT2D eigenvalue weighted by atomic mass is 15.3. The van der Waals surface area contributed by atoms with E-state index < -0.39 is 0 Å². The lowest BCUT2D eigenvalue weighted by molar-refractivity contribution is 0.236. The van der Waals surface area contributed by atoms with Gasteiger partial charge < -0.3 is 4.90 Å². The predicted octanol–water partition coefficient (Wildman–Crippen LogP) is 2.10. The fraction of sp³-hybridized carbons (Fsp3) is 0.562. The van der Waals surface area contributed by atoms with Crippen LogP contribution in [0.25, 0.3) is 0 Å². The van der Waals surface area contributed by atoms with Crippen molar-refractivity contribution >= 4 is 5.82 Å². The molecule has 1 saturated heterocycles. The minimum Gasteiger partial charge on any atom is -0.361 e. The molecule has 0 amide bonds. The third kappa shape index (κ3) is 2.97. The normalized spacial score (nSPS) is 18.8. The van der Waals surface area contributed by atoms with Crippen molar-refractivity contribution in [2.45, 2.75) is 38.9 Å². The fourth-order valence-electron chi connectivity index (χ4n) is 3.09. The average Bonchev–Trinajstić information content (AvgIpc) is 3.17. The Morgan fingerprint density at radius 3 is 2.77 bits per heavy atom. The van der Waals surface area contributed by atoms with Crippen LogP contribution in [0.1, 0.15) is 37.2 Å². The zero-order valence-electron chi connectivity index (χ0n) is 13.6. The van der Waals surface area contributed by atoms with Crippen LogP contribution < -0.4 is 4.90 Å². The summed E-state index contributed by atoms with van der Waals surface area (Å²) < 4.78 is 2.07. The van der Waals surface area contributed by atoms with Gasteiger partial charge in [-0.3, -0.25) is 9.58 Å². The Bertz CT molecular complexity index is 603. The molecule has 0 aromatic carbocycles. The molecule has 3 rings (SSSR count). The Morgan fingerprint density at radius 1 is 1.23 bits per heavy atom. The second-order valence-electron chi connectivity index (χ2n) is 5.98. The van der Waals surface area contributed by atoms with Crippen LogP contribution in [0.3, 0.4) is 0 Å². The van der Waals surface area contributed by atoms with Crippen LogP contribution in [0.2, 0.25) is 0 Å². The van der Waals surface area contributed by atoms with Crippen molar-refractivity contribution in [2.24, 2.45) is 0 Å². The summed E-state index contributed by atoms with van der Waals surface area (Å²) in [6, 6.07) is 6.64. The summed E-state index contributed by atoms with van der Waals surface area (Å²) in [5.74, 6) is 0.900. The molecule has 0 saturated carbocycles. The Kier molecular flexibility index (Phi) is 4.38. The first-order valence-electron chi connectivity index (χ1n) is 7.94. The maximum Gasteiger partial charge on any atom is 0.150 e. The van der Waals surface area contributed by atoms with E-state index in [2.05, 4.69) is 50.0 Å². The maximum absolute atomic E-state index is 4.45. The van der Waals surface area contributed by atoms with Gasteiger partial charge in [0.15, 0.2) is 5.82 Å². The van der Waals surface area contributed by atoms with Crippen LogP contribution in [0.15, 0.2) is 24.4 Å². The molecule has 0 N–H and O–H groups in total. The number of nitrogens with zero attached hydrogens (tertiary/aromatic N) is 6. The van der Waals surface area contributed by atoms with Gasteiger partial charge in [-0.15, -0.1) is 5.10 Å². The van der Waals surface area contributed by atoms with Gasteiger partial charge in [0, 0.05) is 33.4 Å². The molecule has 118 valence electrons. The van der Waals surface area contributed by atoms with Gasteiger partial charge in [-0.2, -0.15) is 10.2 Å². The summed E-state index contributed by atoms with van der Waals surface area (Å²) in [6.45, 7) is 5.08. The minimum atomic E-state index is 0.365. The molecule has 6 nitrogen and oxygen atoms in total. The van der Waals surface area contributed by atoms with Crippen LogP contribution in [0.4, 0.5) is 5.82 Å². The number of rotatable bonds is 5. The molecule has 0 aliphatic carbocycles. The Hall–Kier alpha value is -1.95. The van der Waals surface area contributed by atoms with Gasteiger partial charge in [0.05, 0.1) is 17.4 Å². The quantitative estimate of drug-likeness (QED) is 0.846. The molecule has 22 heavy (non-hydrogen) atoms. The van der Waals surface area contributed by atoms with Crippen LogP contribution in [0.5, 0.6) is 0 Å². The lowest BCUT2D eigenvalue weighted by Crippen LogP contribution is -2.25. The molecule has 1 atom stereocenters. The van der Waals surface area contributed by atoms with Gasteiger partial charge in [-0.25, -0.2) is 0 Å².